The number of para-hydroxylation sites is 1. The van der Waals surface area contributed by atoms with Gasteiger partial charge in [-0.25, -0.2) is 4.79 Å². The van der Waals surface area contributed by atoms with Gasteiger partial charge in [0, 0.05) is 69.1 Å². The predicted octanol–water partition coefficient (Wildman–Crippen LogP) is 7.35. The van der Waals surface area contributed by atoms with Crippen molar-refractivity contribution in [1.82, 2.24) is 39.7 Å². The normalized spacial score (nSPS) is 17.8. The van der Waals surface area contributed by atoms with Gasteiger partial charge in [0.2, 0.25) is 5.91 Å². The molecule has 0 unspecified atom stereocenters. The zero-order valence-corrected chi connectivity index (χ0v) is 37.5. The molecule has 0 spiro atoms. The number of esters is 1. The van der Waals surface area contributed by atoms with Crippen LogP contribution in [0.1, 0.15) is 119 Å². The Balaban J connectivity index is 0.962. The van der Waals surface area contributed by atoms with Crippen molar-refractivity contribution in [2.75, 3.05) is 59.4 Å². The van der Waals surface area contributed by atoms with Crippen molar-refractivity contribution in [2.24, 2.45) is 0 Å². The summed E-state index contributed by atoms with van der Waals surface area (Å²) in [4.78, 5) is 64.0. The number of piperazine rings is 1. The minimum absolute atomic E-state index is 0.0493. The first-order valence-electron chi connectivity index (χ1n) is 23.7. The number of H-pyrrole nitrogens is 1. The molecular weight excluding hydrogens is 781 g/mol. The summed E-state index contributed by atoms with van der Waals surface area (Å²) >= 11 is 0. The van der Waals surface area contributed by atoms with Gasteiger partial charge in [0.05, 0.1) is 17.2 Å². The second-order valence-electron chi connectivity index (χ2n) is 18.2. The summed E-state index contributed by atoms with van der Waals surface area (Å²) in [5.41, 5.74) is 4.24. The van der Waals surface area contributed by atoms with Crippen molar-refractivity contribution in [3.05, 3.63) is 75.7 Å². The fourth-order valence-corrected chi connectivity index (χ4v) is 9.95. The molecule has 7 rings (SSSR count). The second kappa shape index (κ2) is 22.0. The largest absolute Gasteiger partial charge is 0.444 e. The first kappa shape index (κ1) is 45.3. The lowest BCUT2D eigenvalue weighted by Gasteiger charge is -2.43. The quantitative estimate of drug-likeness (QED) is 0.0785. The van der Waals surface area contributed by atoms with Crippen LogP contribution < -0.4 is 10.9 Å². The minimum Gasteiger partial charge on any atom is -0.444 e. The molecule has 0 radical (unpaired) electrons. The molecule has 3 aliphatic heterocycles. The van der Waals surface area contributed by atoms with Crippen LogP contribution in [0.25, 0.3) is 21.8 Å². The number of aromatic amines is 1. The number of piperidine rings is 2. The molecule has 2 aromatic carbocycles. The number of urea groups is 1. The lowest BCUT2D eigenvalue weighted by Crippen LogP contribution is -2.59. The van der Waals surface area contributed by atoms with Crippen LogP contribution in [0.3, 0.4) is 0 Å². The number of carbonyl (C=O) groups is 3. The molecule has 3 aliphatic rings. The fraction of sp³-hybridized carbons (Fsp3) is 0.612. The third-order valence-electron chi connectivity index (χ3n) is 13.8. The number of aryl methyl sites for hydroxylation is 1. The number of pyridine rings is 1. The molecule has 3 fully saturated rings. The van der Waals surface area contributed by atoms with Crippen molar-refractivity contribution < 1.29 is 19.1 Å². The minimum atomic E-state index is -0.727. The van der Waals surface area contributed by atoms with Gasteiger partial charge in [-0.15, -0.1) is 0 Å². The lowest BCUT2D eigenvalue weighted by atomic mass is 9.89. The van der Waals surface area contributed by atoms with E-state index in [0.717, 1.165) is 91.2 Å². The molecular formula is C49H70N8O5. The number of nitrogens with zero attached hydrogens (tertiary/aromatic N) is 6. The van der Waals surface area contributed by atoms with Crippen molar-refractivity contribution >= 4 is 39.7 Å². The first-order chi connectivity index (χ1) is 30.2. The fourth-order valence-electron chi connectivity index (χ4n) is 9.95. The zero-order valence-electron chi connectivity index (χ0n) is 37.5. The summed E-state index contributed by atoms with van der Waals surface area (Å²) in [6, 6.07) is 13.4. The van der Waals surface area contributed by atoms with E-state index in [-0.39, 0.29) is 36.1 Å². The third kappa shape index (κ3) is 11.6. The first-order valence-corrected chi connectivity index (χ1v) is 23.7. The number of amides is 3. The average molecular weight is 851 g/mol. The van der Waals surface area contributed by atoms with Gasteiger partial charge in [0.15, 0.2) is 6.73 Å². The Morgan fingerprint density at radius 1 is 0.823 bits per heavy atom. The molecule has 5 heterocycles. The third-order valence-corrected chi connectivity index (χ3v) is 13.8. The number of carbonyl (C=O) groups excluding carboxylic acids is 3. The Morgan fingerprint density at radius 2 is 1.52 bits per heavy atom. The van der Waals surface area contributed by atoms with E-state index < -0.39 is 6.04 Å². The Kier molecular flexibility index (Phi) is 16.1. The van der Waals surface area contributed by atoms with Crippen LogP contribution in [0.4, 0.5) is 4.79 Å². The van der Waals surface area contributed by atoms with E-state index in [1.54, 1.807) is 15.7 Å². The topological polar surface area (TPSA) is 136 Å². The zero-order chi connectivity index (χ0) is 43.4. The number of nitrogens with one attached hydrogen (secondary N) is 2. The van der Waals surface area contributed by atoms with Crippen molar-refractivity contribution in [3.8, 4) is 0 Å². The average Bonchev–Trinajstić information content (AvgIpc) is 3.77. The maximum Gasteiger partial charge on any atom is 0.318 e. The SMILES string of the molecule is CCCCCCCCCCCC(=O)OCn1c(=O)c(C2CCN(C(=O)N[C@H](Cc3cc(C)c4[nH]ncc4c3)C(=O)N3CCN(C4CCN(C)CC4)CC3)CC2)cc2ccccc21. The Bertz CT molecular complexity index is 2160. The van der Waals surface area contributed by atoms with E-state index in [0.29, 0.717) is 63.5 Å². The van der Waals surface area contributed by atoms with E-state index in [2.05, 4.69) is 51.4 Å². The number of likely N-dealkylation sites (tertiary alicyclic amines) is 2. The van der Waals surface area contributed by atoms with Crippen molar-refractivity contribution in [2.45, 2.75) is 135 Å². The lowest BCUT2D eigenvalue weighted by molar-refractivity contribution is -0.147. The molecule has 3 amide bonds. The highest BCUT2D eigenvalue weighted by molar-refractivity contribution is 5.88. The molecule has 62 heavy (non-hydrogen) atoms. The van der Waals surface area contributed by atoms with Gasteiger partial charge >= 0.3 is 12.0 Å². The summed E-state index contributed by atoms with van der Waals surface area (Å²) in [5.74, 6) is -0.396. The van der Waals surface area contributed by atoms with Crippen molar-refractivity contribution in [3.63, 3.8) is 0 Å². The van der Waals surface area contributed by atoms with Gasteiger partial charge in [-0.1, -0.05) is 82.6 Å². The smallest absolute Gasteiger partial charge is 0.318 e. The number of rotatable bonds is 18. The van der Waals surface area contributed by atoms with Gasteiger partial charge in [-0.2, -0.15) is 5.10 Å². The monoisotopic (exact) mass is 851 g/mol. The summed E-state index contributed by atoms with van der Waals surface area (Å²) in [5, 5.41) is 12.3. The molecule has 0 bridgehead atoms. The number of hydrogen-bond donors (Lipinski definition) is 2. The molecule has 13 nitrogen and oxygen atoms in total. The highest BCUT2D eigenvalue weighted by Gasteiger charge is 2.34. The molecule has 0 aliphatic carbocycles. The summed E-state index contributed by atoms with van der Waals surface area (Å²) in [6.07, 6.45) is 16.6. The number of aromatic nitrogens is 3. The van der Waals surface area contributed by atoms with Gasteiger partial charge in [-0.3, -0.25) is 28.9 Å². The van der Waals surface area contributed by atoms with Crippen LogP contribution >= 0.6 is 0 Å². The Hall–Kier alpha value is -4.75. The second-order valence-corrected chi connectivity index (χ2v) is 18.2. The number of benzene rings is 2. The maximum absolute atomic E-state index is 14.4. The van der Waals surface area contributed by atoms with Gasteiger partial charge in [0.25, 0.3) is 5.56 Å². The Labute approximate surface area is 367 Å². The van der Waals surface area contributed by atoms with Gasteiger partial charge < -0.3 is 24.8 Å². The summed E-state index contributed by atoms with van der Waals surface area (Å²) < 4.78 is 7.29. The molecule has 1 atom stereocenters. The van der Waals surface area contributed by atoms with E-state index in [4.69, 9.17) is 4.74 Å². The summed E-state index contributed by atoms with van der Waals surface area (Å²) in [7, 11) is 2.18. The van der Waals surface area contributed by atoms with E-state index in [9.17, 15) is 19.2 Å². The highest BCUT2D eigenvalue weighted by Crippen LogP contribution is 2.29. The molecule has 13 heteroatoms. The molecule has 0 saturated carbocycles. The summed E-state index contributed by atoms with van der Waals surface area (Å²) in [6.45, 7) is 10.2. The number of fused-ring (bicyclic) bond motifs is 2. The van der Waals surface area contributed by atoms with Crippen LogP contribution in [-0.4, -0.2) is 124 Å². The van der Waals surface area contributed by atoms with Crippen LogP contribution in [0.2, 0.25) is 0 Å². The van der Waals surface area contributed by atoms with E-state index >= 15 is 0 Å². The standard InChI is InChI=1S/C49H70N8O5/c1-4-5-6-7-8-9-10-11-12-17-45(58)62-35-57-44-16-14-13-15-39(44)33-42(47(57)59)38-18-24-56(25-19-38)49(61)51-43(32-37-30-36(2)46-40(31-37)34-50-52-46)48(60)55-28-26-54(27-29-55)41-20-22-53(3)23-21-41/h13-16,30-31,33-34,38,41,43H,4-12,17-29,32,35H2,1-3H3,(H,50,52)(H,51,61)/t43-/m1/s1. The maximum atomic E-state index is 14.4. The Morgan fingerprint density at radius 3 is 2.24 bits per heavy atom. The van der Waals surface area contributed by atoms with E-state index in [1.807, 2.05) is 42.2 Å². The molecule has 2 N–H and O–H groups in total. The molecule has 2 aromatic heterocycles. The van der Waals surface area contributed by atoms with Gasteiger partial charge in [-0.05, 0) is 99.8 Å². The molecule has 336 valence electrons. The number of hydrogen-bond acceptors (Lipinski definition) is 8. The van der Waals surface area contributed by atoms with Crippen LogP contribution in [0, 0.1) is 6.92 Å². The number of unbranched alkanes of at least 4 members (excludes halogenated alkanes) is 8. The van der Waals surface area contributed by atoms with Crippen LogP contribution in [0.5, 0.6) is 0 Å². The van der Waals surface area contributed by atoms with E-state index in [1.165, 1.54) is 38.5 Å². The number of ether oxygens (including phenoxy) is 1. The van der Waals surface area contributed by atoms with Crippen molar-refractivity contribution in [1.29, 1.82) is 0 Å². The molecule has 3 saturated heterocycles. The highest BCUT2D eigenvalue weighted by atomic mass is 16.5. The van der Waals surface area contributed by atoms with Crippen LogP contribution in [-0.2, 0) is 27.5 Å². The molecule has 4 aromatic rings. The predicted molar refractivity (Wildman–Crippen MR) is 245 cm³/mol. The van der Waals surface area contributed by atoms with Gasteiger partial charge in [0.1, 0.15) is 6.04 Å². The van der Waals surface area contributed by atoms with Crippen LogP contribution in [0.15, 0.2) is 53.5 Å².